The molecule has 0 aliphatic rings. The third-order valence-electron chi connectivity index (χ3n) is 3.78. The van der Waals surface area contributed by atoms with Gasteiger partial charge in [-0.2, -0.15) is 0 Å². The quantitative estimate of drug-likeness (QED) is 0.386. The summed E-state index contributed by atoms with van der Waals surface area (Å²) in [5.41, 5.74) is 3.90. The minimum absolute atomic E-state index is 0.214. The van der Waals surface area contributed by atoms with E-state index in [-0.39, 0.29) is 5.91 Å². The molecular formula is C19H14ClN3O2S3. The van der Waals surface area contributed by atoms with Gasteiger partial charge in [0.15, 0.2) is 0 Å². The highest BCUT2D eigenvalue weighted by Crippen LogP contribution is 2.35. The van der Waals surface area contributed by atoms with Crippen molar-refractivity contribution in [2.24, 2.45) is 0 Å². The van der Waals surface area contributed by atoms with Gasteiger partial charge in [0, 0.05) is 5.38 Å². The predicted molar refractivity (Wildman–Crippen MR) is 116 cm³/mol. The fraction of sp³-hybridized carbons (Fsp3) is 0.105. The summed E-state index contributed by atoms with van der Waals surface area (Å²) in [6.07, 6.45) is 0. The van der Waals surface area contributed by atoms with Crippen LogP contribution in [0.4, 0.5) is 5.69 Å². The number of amides is 1. The van der Waals surface area contributed by atoms with E-state index < -0.39 is 0 Å². The summed E-state index contributed by atoms with van der Waals surface area (Å²) < 4.78 is 6.52. The minimum Gasteiger partial charge on any atom is -0.485 e. The Kier molecular flexibility index (Phi) is 5.72. The highest BCUT2D eigenvalue weighted by atomic mass is 35.5. The van der Waals surface area contributed by atoms with Crippen LogP contribution in [0.3, 0.4) is 0 Å². The van der Waals surface area contributed by atoms with E-state index in [2.05, 4.69) is 15.3 Å². The lowest BCUT2D eigenvalue weighted by molar-refractivity contribution is 0.102. The maximum absolute atomic E-state index is 12.8. The van der Waals surface area contributed by atoms with Gasteiger partial charge in [-0.25, -0.2) is 9.97 Å². The second-order valence-electron chi connectivity index (χ2n) is 5.76. The number of thiophene rings is 1. The molecule has 0 bridgehead atoms. The minimum atomic E-state index is -0.214. The van der Waals surface area contributed by atoms with Crippen LogP contribution in [0.25, 0.3) is 9.88 Å². The zero-order chi connectivity index (χ0) is 19.5. The van der Waals surface area contributed by atoms with Crippen molar-refractivity contribution in [3.63, 3.8) is 0 Å². The molecule has 0 atom stereocenters. The van der Waals surface area contributed by atoms with Gasteiger partial charge < -0.3 is 10.1 Å². The lowest BCUT2D eigenvalue weighted by Crippen LogP contribution is -2.12. The number of carbonyl (C=O) groups is 1. The number of nitrogens with zero attached hydrogens (tertiary/aromatic N) is 2. The fourth-order valence-electron chi connectivity index (χ4n) is 2.48. The lowest BCUT2D eigenvalue weighted by atomic mass is 10.2. The number of ether oxygens (including phenoxy) is 1. The number of aromatic nitrogens is 2. The smallest absolute Gasteiger partial charge is 0.267 e. The van der Waals surface area contributed by atoms with Crippen molar-refractivity contribution in [1.82, 2.24) is 9.97 Å². The molecule has 0 unspecified atom stereocenters. The number of benzene rings is 1. The molecule has 0 fully saturated rings. The molecular weight excluding hydrogens is 434 g/mol. The largest absolute Gasteiger partial charge is 0.485 e. The SMILES string of the molecule is Cc1nc(-c2ccc(Cl)s2)sc1C(=O)Nc1ccccc1OCc1cscn1. The first kappa shape index (κ1) is 19.1. The van der Waals surface area contributed by atoms with E-state index in [0.717, 1.165) is 15.6 Å². The zero-order valence-corrected chi connectivity index (χ0v) is 17.8. The van der Waals surface area contributed by atoms with Gasteiger partial charge in [-0.05, 0) is 31.2 Å². The third kappa shape index (κ3) is 4.25. The molecule has 1 N–H and O–H groups in total. The maximum atomic E-state index is 12.8. The molecule has 0 aliphatic heterocycles. The van der Waals surface area contributed by atoms with Gasteiger partial charge in [-0.1, -0.05) is 23.7 Å². The average Bonchev–Trinajstić information content (AvgIpc) is 3.42. The van der Waals surface area contributed by atoms with Crippen LogP contribution in [-0.2, 0) is 6.61 Å². The van der Waals surface area contributed by atoms with Gasteiger partial charge in [-0.15, -0.1) is 34.0 Å². The lowest BCUT2D eigenvalue weighted by Gasteiger charge is -2.11. The number of para-hydroxylation sites is 2. The van der Waals surface area contributed by atoms with Crippen molar-refractivity contribution in [3.05, 3.63) is 67.9 Å². The molecule has 142 valence electrons. The zero-order valence-electron chi connectivity index (χ0n) is 14.6. The first-order chi connectivity index (χ1) is 13.6. The van der Waals surface area contributed by atoms with Gasteiger partial charge in [0.2, 0.25) is 0 Å². The number of carbonyl (C=O) groups excluding carboxylic acids is 1. The van der Waals surface area contributed by atoms with Crippen LogP contribution in [0.2, 0.25) is 4.34 Å². The standard InChI is InChI=1S/C19H14ClN3O2S3/c1-11-17(28-19(22-11)15-6-7-16(20)27-15)18(24)23-13-4-2-3-5-14(13)25-8-12-9-26-10-21-12/h2-7,9-10H,8H2,1H3,(H,23,24). The summed E-state index contributed by atoms with van der Waals surface area (Å²) in [5.74, 6) is 0.380. The second-order valence-corrected chi connectivity index (χ2v) is 9.19. The average molecular weight is 448 g/mol. The normalized spacial score (nSPS) is 10.8. The van der Waals surface area contributed by atoms with E-state index >= 15 is 0 Å². The van der Waals surface area contributed by atoms with Crippen LogP contribution in [0.5, 0.6) is 5.75 Å². The predicted octanol–water partition coefficient (Wildman–Crippen LogP) is 6.12. The molecule has 4 rings (SSSR count). The van der Waals surface area contributed by atoms with Gasteiger partial charge >= 0.3 is 0 Å². The second kappa shape index (κ2) is 8.40. The Bertz CT molecular complexity index is 1110. The summed E-state index contributed by atoms with van der Waals surface area (Å²) in [6.45, 7) is 2.17. The Hall–Kier alpha value is -2.26. The van der Waals surface area contributed by atoms with Crippen molar-refractivity contribution < 1.29 is 9.53 Å². The summed E-state index contributed by atoms with van der Waals surface area (Å²) >= 11 is 10.3. The number of hydrogen-bond acceptors (Lipinski definition) is 7. The van der Waals surface area contributed by atoms with E-state index in [1.807, 2.05) is 48.7 Å². The molecule has 0 aliphatic carbocycles. The highest BCUT2D eigenvalue weighted by molar-refractivity contribution is 7.24. The van der Waals surface area contributed by atoms with Crippen LogP contribution in [0.15, 0.2) is 47.3 Å². The molecule has 3 heterocycles. The Labute approximate surface area is 178 Å². The van der Waals surface area contributed by atoms with Gasteiger partial charge in [0.1, 0.15) is 22.2 Å². The van der Waals surface area contributed by atoms with E-state index in [1.54, 1.807) is 5.51 Å². The summed E-state index contributed by atoms with van der Waals surface area (Å²) in [6, 6.07) is 11.1. The molecule has 5 nitrogen and oxygen atoms in total. The molecule has 28 heavy (non-hydrogen) atoms. The number of nitrogens with one attached hydrogen (secondary N) is 1. The molecule has 4 aromatic rings. The number of aryl methyl sites for hydroxylation is 1. The number of thiazole rings is 2. The number of anilines is 1. The van der Waals surface area contributed by atoms with Gasteiger partial charge in [0.05, 0.1) is 31.8 Å². The Morgan fingerprint density at radius 3 is 2.82 bits per heavy atom. The van der Waals surface area contributed by atoms with E-state index in [0.29, 0.717) is 33.0 Å². The molecule has 1 aromatic carbocycles. The molecule has 1 amide bonds. The summed E-state index contributed by atoms with van der Waals surface area (Å²) in [7, 11) is 0. The molecule has 0 saturated carbocycles. The summed E-state index contributed by atoms with van der Waals surface area (Å²) in [5, 5.41) is 5.65. The molecule has 3 aromatic heterocycles. The Balaban J connectivity index is 1.52. The van der Waals surface area contributed by atoms with Crippen molar-refractivity contribution in [1.29, 1.82) is 0 Å². The van der Waals surface area contributed by atoms with E-state index in [9.17, 15) is 4.79 Å². The van der Waals surface area contributed by atoms with Crippen LogP contribution < -0.4 is 10.1 Å². The number of halogens is 1. The molecule has 0 saturated heterocycles. The van der Waals surface area contributed by atoms with E-state index in [4.69, 9.17) is 16.3 Å². The molecule has 0 radical (unpaired) electrons. The topological polar surface area (TPSA) is 64.1 Å². The Morgan fingerprint density at radius 1 is 1.21 bits per heavy atom. The Morgan fingerprint density at radius 2 is 2.07 bits per heavy atom. The molecule has 0 spiro atoms. The maximum Gasteiger partial charge on any atom is 0.267 e. The van der Waals surface area contributed by atoms with Gasteiger partial charge in [0.25, 0.3) is 5.91 Å². The summed E-state index contributed by atoms with van der Waals surface area (Å²) in [4.78, 5) is 23.1. The van der Waals surface area contributed by atoms with Crippen LogP contribution >= 0.6 is 45.6 Å². The van der Waals surface area contributed by atoms with Crippen molar-refractivity contribution in [2.45, 2.75) is 13.5 Å². The van der Waals surface area contributed by atoms with Crippen molar-refractivity contribution >= 4 is 57.2 Å². The monoisotopic (exact) mass is 447 g/mol. The van der Waals surface area contributed by atoms with Gasteiger partial charge in [-0.3, -0.25) is 4.79 Å². The third-order valence-corrected chi connectivity index (χ3v) is 6.97. The van der Waals surface area contributed by atoms with Crippen LogP contribution in [-0.4, -0.2) is 15.9 Å². The highest BCUT2D eigenvalue weighted by Gasteiger charge is 2.18. The molecule has 9 heteroatoms. The first-order valence-corrected chi connectivity index (χ1v) is 11.2. The van der Waals surface area contributed by atoms with Crippen molar-refractivity contribution in [2.75, 3.05) is 5.32 Å². The van der Waals surface area contributed by atoms with Crippen LogP contribution in [0.1, 0.15) is 21.1 Å². The first-order valence-electron chi connectivity index (χ1n) is 8.23. The number of hydrogen-bond donors (Lipinski definition) is 1. The fourth-order valence-corrected chi connectivity index (χ4v) is 5.08. The van der Waals surface area contributed by atoms with E-state index in [1.165, 1.54) is 34.0 Å². The number of rotatable bonds is 6. The van der Waals surface area contributed by atoms with Crippen LogP contribution in [0, 0.1) is 6.92 Å². The van der Waals surface area contributed by atoms with Crippen molar-refractivity contribution in [3.8, 4) is 15.6 Å².